The molecule has 31 heavy (non-hydrogen) atoms. The Morgan fingerprint density at radius 1 is 1.13 bits per heavy atom. The summed E-state index contributed by atoms with van der Waals surface area (Å²) < 4.78 is 7.19. The summed E-state index contributed by atoms with van der Waals surface area (Å²) in [5.74, 6) is 0.609. The lowest BCUT2D eigenvalue weighted by Crippen LogP contribution is -2.40. The number of carbonyl (C=O) groups is 1. The highest BCUT2D eigenvalue weighted by Crippen LogP contribution is 2.26. The molecule has 0 aliphatic heterocycles. The van der Waals surface area contributed by atoms with E-state index in [0.717, 1.165) is 23.4 Å². The van der Waals surface area contributed by atoms with Gasteiger partial charge in [-0.15, -0.1) is 0 Å². The third-order valence-corrected chi connectivity index (χ3v) is 5.01. The number of amides is 1. The number of benzene rings is 2. The molecule has 6 heteroatoms. The van der Waals surface area contributed by atoms with Crippen molar-refractivity contribution < 1.29 is 9.53 Å². The SMILES string of the molecule is COc1cccc(-c2nn(Cc3ccccc3)cc2C(=O)NCC(C)(C)CN(C)C)c1. The Morgan fingerprint density at radius 2 is 1.87 bits per heavy atom. The summed E-state index contributed by atoms with van der Waals surface area (Å²) in [4.78, 5) is 15.3. The first-order valence-corrected chi connectivity index (χ1v) is 10.5. The van der Waals surface area contributed by atoms with Crippen LogP contribution in [0.3, 0.4) is 0 Å². The number of nitrogens with one attached hydrogen (secondary N) is 1. The first kappa shape index (κ1) is 22.6. The van der Waals surface area contributed by atoms with Crippen molar-refractivity contribution in [2.75, 3.05) is 34.3 Å². The maximum atomic E-state index is 13.2. The topological polar surface area (TPSA) is 59.4 Å². The molecule has 1 amide bonds. The molecule has 0 saturated carbocycles. The summed E-state index contributed by atoms with van der Waals surface area (Å²) in [6, 6.07) is 17.7. The molecule has 6 nitrogen and oxygen atoms in total. The molecule has 0 bridgehead atoms. The van der Waals surface area contributed by atoms with Crippen LogP contribution in [0.25, 0.3) is 11.3 Å². The van der Waals surface area contributed by atoms with Crippen LogP contribution in [0.1, 0.15) is 29.8 Å². The molecular formula is C25H32N4O2. The maximum Gasteiger partial charge on any atom is 0.255 e. The Morgan fingerprint density at radius 3 is 2.55 bits per heavy atom. The lowest BCUT2D eigenvalue weighted by Gasteiger charge is -2.28. The number of hydrogen-bond donors (Lipinski definition) is 1. The predicted molar refractivity (Wildman–Crippen MR) is 124 cm³/mol. The van der Waals surface area contributed by atoms with E-state index in [9.17, 15) is 4.79 Å². The van der Waals surface area contributed by atoms with Crippen molar-refractivity contribution in [1.82, 2.24) is 20.0 Å². The zero-order valence-electron chi connectivity index (χ0n) is 19.1. The molecular weight excluding hydrogens is 388 g/mol. The largest absolute Gasteiger partial charge is 0.497 e. The fourth-order valence-electron chi connectivity index (χ4n) is 3.75. The normalized spacial score (nSPS) is 11.5. The molecule has 0 atom stereocenters. The number of methoxy groups -OCH3 is 1. The van der Waals surface area contributed by atoms with Crippen LogP contribution in [-0.4, -0.2) is 54.9 Å². The molecule has 0 aliphatic rings. The van der Waals surface area contributed by atoms with Gasteiger partial charge in [-0.3, -0.25) is 9.48 Å². The van der Waals surface area contributed by atoms with Gasteiger partial charge in [-0.1, -0.05) is 56.3 Å². The highest BCUT2D eigenvalue weighted by Gasteiger charge is 2.23. The van der Waals surface area contributed by atoms with E-state index in [0.29, 0.717) is 24.3 Å². The van der Waals surface area contributed by atoms with Crippen LogP contribution in [0.15, 0.2) is 60.8 Å². The monoisotopic (exact) mass is 420 g/mol. The van der Waals surface area contributed by atoms with Crippen LogP contribution in [0.4, 0.5) is 0 Å². The molecule has 2 aromatic carbocycles. The van der Waals surface area contributed by atoms with E-state index < -0.39 is 0 Å². The number of carbonyl (C=O) groups excluding carboxylic acids is 1. The number of ether oxygens (including phenoxy) is 1. The zero-order valence-corrected chi connectivity index (χ0v) is 19.1. The van der Waals surface area contributed by atoms with Crippen LogP contribution < -0.4 is 10.1 Å². The van der Waals surface area contributed by atoms with Crippen LogP contribution >= 0.6 is 0 Å². The summed E-state index contributed by atoms with van der Waals surface area (Å²) in [6.45, 7) is 6.34. The van der Waals surface area contributed by atoms with Crippen molar-refractivity contribution in [3.63, 3.8) is 0 Å². The number of aromatic nitrogens is 2. The van der Waals surface area contributed by atoms with E-state index >= 15 is 0 Å². The molecule has 0 aliphatic carbocycles. The molecule has 0 spiro atoms. The molecule has 1 heterocycles. The predicted octanol–water partition coefficient (Wildman–Crippen LogP) is 3.92. The molecule has 1 aromatic heterocycles. The van der Waals surface area contributed by atoms with E-state index in [1.54, 1.807) is 7.11 Å². The first-order chi connectivity index (χ1) is 14.8. The third-order valence-electron chi connectivity index (χ3n) is 5.01. The van der Waals surface area contributed by atoms with Gasteiger partial charge in [0.2, 0.25) is 0 Å². The molecule has 3 aromatic rings. The number of rotatable bonds is 9. The fourth-order valence-corrected chi connectivity index (χ4v) is 3.75. The Kier molecular flexibility index (Phi) is 7.13. The van der Waals surface area contributed by atoms with Gasteiger partial charge >= 0.3 is 0 Å². The molecule has 164 valence electrons. The van der Waals surface area contributed by atoms with E-state index in [4.69, 9.17) is 9.84 Å². The second-order valence-electron chi connectivity index (χ2n) is 8.89. The average molecular weight is 421 g/mol. The third kappa shape index (κ3) is 6.18. The molecule has 0 radical (unpaired) electrons. The average Bonchev–Trinajstić information content (AvgIpc) is 3.16. The van der Waals surface area contributed by atoms with Crippen LogP contribution in [-0.2, 0) is 6.54 Å². The highest BCUT2D eigenvalue weighted by atomic mass is 16.5. The summed E-state index contributed by atoms with van der Waals surface area (Å²) in [5, 5.41) is 7.87. The van der Waals surface area contributed by atoms with Gasteiger partial charge in [-0.2, -0.15) is 5.10 Å². The maximum absolute atomic E-state index is 13.2. The van der Waals surface area contributed by atoms with Crippen molar-refractivity contribution in [2.24, 2.45) is 5.41 Å². The summed E-state index contributed by atoms with van der Waals surface area (Å²) in [7, 11) is 5.71. The van der Waals surface area contributed by atoms with Gasteiger partial charge in [0.15, 0.2) is 0 Å². The van der Waals surface area contributed by atoms with E-state index in [1.807, 2.05) is 67.4 Å². The standard InChI is InChI=1S/C25H32N4O2/c1-25(2,18-28(3)4)17-26-24(30)22-16-29(15-19-10-7-6-8-11-19)27-23(22)20-12-9-13-21(14-20)31-5/h6-14,16H,15,17-18H2,1-5H3,(H,26,30). The van der Waals surface area contributed by atoms with Gasteiger partial charge in [-0.05, 0) is 37.2 Å². The van der Waals surface area contributed by atoms with Crippen molar-refractivity contribution >= 4 is 5.91 Å². The Hall–Kier alpha value is -3.12. The van der Waals surface area contributed by atoms with Crippen molar-refractivity contribution in [3.05, 3.63) is 71.9 Å². The van der Waals surface area contributed by atoms with Crippen LogP contribution in [0.2, 0.25) is 0 Å². The van der Waals surface area contributed by atoms with Crippen LogP contribution in [0, 0.1) is 5.41 Å². The quantitative estimate of drug-likeness (QED) is 0.570. The van der Waals surface area contributed by atoms with Gasteiger partial charge in [0, 0.05) is 24.8 Å². The first-order valence-electron chi connectivity index (χ1n) is 10.5. The second kappa shape index (κ2) is 9.79. The fraction of sp³-hybridized carbons (Fsp3) is 0.360. The van der Waals surface area contributed by atoms with Crippen molar-refractivity contribution in [2.45, 2.75) is 20.4 Å². The van der Waals surface area contributed by atoms with E-state index in [1.165, 1.54) is 0 Å². The van der Waals surface area contributed by atoms with E-state index in [2.05, 4.69) is 36.2 Å². The highest BCUT2D eigenvalue weighted by molar-refractivity contribution is 5.99. The van der Waals surface area contributed by atoms with Crippen molar-refractivity contribution in [1.29, 1.82) is 0 Å². The minimum Gasteiger partial charge on any atom is -0.497 e. The smallest absolute Gasteiger partial charge is 0.255 e. The molecule has 3 rings (SSSR count). The van der Waals surface area contributed by atoms with E-state index in [-0.39, 0.29) is 11.3 Å². The van der Waals surface area contributed by atoms with Crippen molar-refractivity contribution in [3.8, 4) is 17.0 Å². The van der Waals surface area contributed by atoms with Gasteiger partial charge in [-0.25, -0.2) is 0 Å². The van der Waals surface area contributed by atoms with Gasteiger partial charge in [0.25, 0.3) is 5.91 Å². The number of nitrogens with zero attached hydrogens (tertiary/aromatic N) is 3. The number of hydrogen-bond acceptors (Lipinski definition) is 4. The summed E-state index contributed by atoms with van der Waals surface area (Å²) in [5.41, 5.74) is 3.14. The lowest BCUT2D eigenvalue weighted by atomic mass is 9.93. The molecule has 0 fully saturated rings. The molecule has 0 saturated heterocycles. The van der Waals surface area contributed by atoms with Gasteiger partial charge in [0.1, 0.15) is 11.4 Å². The minimum absolute atomic E-state index is 0.0463. The van der Waals surface area contributed by atoms with Crippen LogP contribution in [0.5, 0.6) is 5.75 Å². The summed E-state index contributed by atoms with van der Waals surface area (Å²) >= 11 is 0. The van der Waals surface area contributed by atoms with Gasteiger partial charge in [0.05, 0.1) is 19.2 Å². The zero-order chi connectivity index (χ0) is 22.4. The Balaban J connectivity index is 1.90. The molecule has 1 N–H and O–H groups in total. The minimum atomic E-state index is -0.121. The Labute approximate surface area is 184 Å². The summed E-state index contributed by atoms with van der Waals surface area (Å²) in [6.07, 6.45) is 1.83. The Bertz CT molecular complexity index is 1010. The second-order valence-corrected chi connectivity index (χ2v) is 8.89. The van der Waals surface area contributed by atoms with Gasteiger partial charge < -0.3 is 15.0 Å². The molecule has 0 unspecified atom stereocenters. The lowest BCUT2D eigenvalue weighted by molar-refractivity contribution is 0.0929.